The van der Waals surface area contributed by atoms with E-state index in [-0.39, 0.29) is 12.1 Å². The predicted molar refractivity (Wildman–Crippen MR) is 217 cm³/mol. The Bertz CT molecular complexity index is 2000. The maximum atomic E-state index is 5.41. The Morgan fingerprint density at radius 1 is 0.725 bits per heavy atom. The average Bonchev–Trinajstić information content (AvgIpc) is 3.21. The molecule has 0 bridgehead atoms. The van der Waals surface area contributed by atoms with Crippen LogP contribution in [0.25, 0.3) is 11.6 Å². The van der Waals surface area contributed by atoms with Crippen molar-refractivity contribution in [1.29, 1.82) is 0 Å². The highest BCUT2D eigenvalue weighted by Gasteiger charge is 2.32. The number of rotatable bonds is 6. The normalized spacial score (nSPS) is 28.5. The summed E-state index contributed by atoms with van der Waals surface area (Å²) in [6.07, 6.45) is 44.3. The first kappa shape index (κ1) is 32.6. The van der Waals surface area contributed by atoms with E-state index in [1.54, 1.807) is 16.7 Å². The second-order valence-corrected chi connectivity index (χ2v) is 16.0. The van der Waals surface area contributed by atoms with Crippen molar-refractivity contribution in [2.24, 2.45) is 21.8 Å². The molecule has 51 heavy (non-hydrogen) atoms. The summed E-state index contributed by atoms with van der Waals surface area (Å²) >= 11 is 0. The van der Waals surface area contributed by atoms with E-state index < -0.39 is 0 Å². The number of nitrogens with zero attached hydrogens (tertiary/aromatic N) is 2. The van der Waals surface area contributed by atoms with Crippen LogP contribution in [0.15, 0.2) is 129 Å². The van der Waals surface area contributed by atoms with Crippen molar-refractivity contribution in [2.45, 2.75) is 108 Å². The molecule has 0 N–H and O–H groups in total. The van der Waals surface area contributed by atoms with E-state index in [2.05, 4.69) is 116 Å². The summed E-state index contributed by atoms with van der Waals surface area (Å²) in [5.41, 5.74) is 17.4. The molecule has 5 unspecified atom stereocenters. The molecule has 2 heterocycles. The van der Waals surface area contributed by atoms with Gasteiger partial charge in [0.15, 0.2) is 0 Å². The lowest BCUT2D eigenvalue weighted by Gasteiger charge is -2.34. The predicted octanol–water partition coefficient (Wildman–Crippen LogP) is 12.0. The van der Waals surface area contributed by atoms with Crippen LogP contribution < -0.4 is 0 Å². The van der Waals surface area contributed by atoms with Crippen LogP contribution in [0.2, 0.25) is 0 Å². The highest BCUT2D eigenvalue weighted by atomic mass is 14.8. The minimum Gasteiger partial charge on any atom is -0.284 e. The molecule has 2 aromatic carbocycles. The van der Waals surface area contributed by atoms with Crippen LogP contribution in [-0.4, -0.2) is 24.0 Å². The van der Waals surface area contributed by atoms with Gasteiger partial charge in [-0.2, -0.15) is 0 Å². The van der Waals surface area contributed by atoms with Crippen LogP contribution in [0.1, 0.15) is 117 Å². The van der Waals surface area contributed by atoms with Crippen molar-refractivity contribution < 1.29 is 0 Å². The third-order valence-electron chi connectivity index (χ3n) is 12.6. The zero-order valence-electron chi connectivity index (χ0n) is 30.4. The number of aliphatic imine (C=N–C) groups is 2. The molecule has 7 aliphatic rings. The first-order chi connectivity index (χ1) is 25.2. The van der Waals surface area contributed by atoms with Crippen molar-refractivity contribution >= 4 is 23.6 Å². The summed E-state index contributed by atoms with van der Waals surface area (Å²) in [5, 5.41) is 0. The third-order valence-corrected chi connectivity index (χ3v) is 12.6. The third kappa shape index (κ3) is 6.63. The van der Waals surface area contributed by atoms with Gasteiger partial charge in [0.2, 0.25) is 0 Å². The quantitative estimate of drug-likeness (QED) is 0.274. The monoisotopic (exact) mass is 668 g/mol. The van der Waals surface area contributed by atoms with Crippen LogP contribution in [0, 0.1) is 11.8 Å². The summed E-state index contributed by atoms with van der Waals surface area (Å²) in [7, 11) is 0. The largest absolute Gasteiger partial charge is 0.284 e. The first-order valence-electron chi connectivity index (χ1n) is 20.1. The van der Waals surface area contributed by atoms with E-state index in [1.165, 1.54) is 89.5 Å². The van der Waals surface area contributed by atoms with Gasteiger partial charge in [-0.05, 0) is 151 Å². The van der Waals surface area contributed by atoms with Gasteiger partial charge in [0, 0.05) is 18.1 Å². The molecule has 5 aliphatic carbocycles. The summed E-state index contributed by atoms with van der Waals surface area (Å²) in [5.74, 6) is 1.47. The Labute approximate surface area is 305 Å². The molecule has 0 fully saturated rings. The topological polar surface area (TPSA) is 24.7 Å². The summed E-state index contributed by atoms with van der Waals surface area (Å²) in [6, 6.07) is 13.8. The van der Waals surface area contributed by atoms with Crippen molar-refractivity contribution in [3.05, 3.63) is 153 Å². The average molecular weight is 669 g/mol. The van der Waals surface area contributed by atoms with Gasteiger partial charge in [0.25, 0.3) is 0 Å². The molecule has 0 amide bonds. The highest BCUT2D eigenvalue weighted by molar-refractivity contribution is 6.10. The van der Waals surface area contributed by atoms with Crippen LogP contribution in [0.5, 0.6) is 0 Å². The molecule has 2 heteroatoms. The van der Waals surface area contributed by atoms with Crippen molar-refractivity contribution in [2.75, 3.05) is 0 Å². The van der Waals surface area contributed by atoms with Gasteiger partial charge < -0.3 is 0 Å². The lowest BCUT2D eigenvalue weighted by Crippen LogP contribution is -2.23. The van der Waals surface area contributed by atoms with Gasteiger partial charge in [0.05, 0.1) is 17.8 Å². The molecule has 9 rings (SSSR count). The molecular formula is C49H52N2. The fourth-order valence-corrected chi connectivity index (χ4v) is 9.84. The number of benzene rings is 2. The zero-order chi connectivity index (χ0) is 34.1. The number of allylic oxidation sites excluding steroid dienone is 9. The Morgan fingerprint density at radius 2 is 1.65 bits per heavy atom. The van der Waals surface area contributed by atoms with Crippen molar-refractivity contribution in [3.63, 3.8) is 0 Å². The smallest absolute Gasteiger partial charge is 0.0790 e. The second-order valence-electron chi connectivity index (χ2n) is 16.0. The Hall–Kier alpha value is -4.30. The molecule has 0 radical (unpaired) electrons. The lowest BCUT2D eigenvalue weighted by molar-refractivity contribution is 0.585. The van der Waals surface area contributed by atoms with Crippen LogP contribution in [0.3, 0.4) is 0 Å². The van der Waals surface area contributed by atoms with Gasteiger partial charge in [-0.3, -0.25) is 9.98 Å². The lowest BCUT2D eigenvalue weighted by atomic mass is 9.72. The van der Waals surface area contributed by atoms with E-state index >= 15 is 0 Å². The standard InChI is InChI=1S/C49H52N2/c1-33-14-13-23-43-42-21-11-12-22-44(42)46(31-45(33)43)40-26-38(27-41(28-40)47-25-24-37(32-50-47)34-15-5-2-6-16-34)39-29-48(35-17-7-3-8-18-35)51-49(30-39)36-19-9-4-10-20-36/h3,5,7-9,12,15,17-20,22,24,27-29,31-34,38,47,49H,2,4,6,10-11,13-14,16,21,23,25-26,30H2,1H3. The molecule has 2 aliphatic heterocycles. The second kappa shape index (κ2) is 14.4. The molecule has 0 spiro atoms. The fourth-order valence-electron chi connectivity index (χ4n) is 9.84. The number of hydrogen-bond acceptors (Lipinski definition) is 2. The molecule has 0 aromatic heterocycles. The first-order valence-corrected chi connectivity index (χ1v) is 20.1. The Morgan fingerprint density at radius 3 is 2.47 bits per heavy atom. The number of fused-ring (bicyclic) bond motifs is 3. The van der Waals surface area contributed by atoms with Crippen LogP contribution in [-0.2, 0) is 12.8 Å². The maximum absolute atomic E-state index is 5.41. The van der Waals surface area contributed by atoms with Gasteiger partial charge in [-0.1, -0.05) is 110 Å². The van der Waals surface area contributed by atoms with Crippen LogP contribution >= 0.6 is 0 Å². The highest BCUT2D eigenvalue weighted by Crippen LogP contribution is 2.45. The molecule has 2 aromatic rings. The van der Waals surface area contributed by atoms with E-state index in [9.17, 15) is 0 Å². The zero-order valence-corrected chi connectivity index (χ0v) is 30.4. The SMILES string of the molecule is CC1CCCc2c1cc(C1=CC(C3CC=C(C4C=CCCC4)C=N3)=CC(C3=CC(c4ccccc4)=NC(C4=CCCC=C4)C3)C1)c1c2CCC=C1. The van der Waals surface area contributed by atoms with E-state index in [1.807, 2.05) is 0 Å². The molecule has 258 valence electrons. The Balaban J connectivity index is 1.13. The molecule has 0 saturated carbocycles. The van der Waals surface area contributed by atoms with Gasteiger partial charge >= 0.3 is 0 Å². The van der Waals surface area contributed by atoms with Gasteiger partial charge in [-0.15, -0.1) is 0 Å². The molecule has 0 saturated heterocycles. The van der Waals surface area contributed by atoms with Gasteiger partial charge in [0.1, 0.15) is 0 Å². The summed E-state index contributed by atoms with van der Waals surface area (Å²) in [6.45, 7) is 2.46. The van der Waals surface area contributed by atoms with E-state index in [4.69, 9.17) is 9.98 Å². The van der Waals surface area contributed by atoms with Crippen LogP contribution in [0.4, 0.5) is 0 Å². The van der Waals surface area contributed by atoms with Gasteiger partial charge in [-0.25, -0.2) is 0 Å². The summed E-state index contributed by atoms with van der Waals surface area (Å²) in [4.78, 5) is 10.7. The van der Waals surface area contributed by atoms with Crippen molar-refractivity contribution in [3.8, 4) is 0 Å². The van der Waals surface area contributed by atoms with E-state index in [0.717, 1.165) is 44.2 Å². The van der Waals surface area contributed by atoms with Crippen molar-refractivity contribution in [1.82, 2.24) is 0 Å². The minimum atomic E-state index is 0.157. The molecule has 2 nitrogen and oxygen atoms in total. The molecule has 5 atom stereocenters. The minimum absolute atomic E-state index is 0.157. The fraction of sp³-hybridized carbons (Fsp3) is 0.388. The number of hydrogen-bond donors (Lipinski definition) is 0. The maximum Gasteiger partial charge on any atom is 0.0790 e. The molecular weight excluding hydrogens is 617 g/mol. The van der Waals surface area contributed by atoms with E-state index in [0.29, 0.717) is 17.8 Å². The Kier molecular flexibility index (Phi) is 9.19. The summed E-state index contributed by atoms with van der Waals surface area (Å²) < 4.78 is 0. The number of dihydropyridines is 2.